The van der Waals surface area contributed by atoms with Crippen LogP contribution in [-0.4, -0.2) is 4.98 Å². The van der Waals surface area contributed by atoms with Gasteiger partial charge in [-0.05, 0) is 55.3 Å². The lowest BCUT2D eigenvalue weighted by Gasteiger charge is -2.11. The van der Waals surface area contributed by atoms with Crippen LogP contribution in [0.15, 0.2) is 48.7 Å². The molecule has 0 aliphatic rings. The molecule has 21 heavy (non-hydrogen) atoms. The van der Waals surface area contributed by atoms with Gasteiger partial charge >= 0.3 is 0 Å². The number of nitrogens with two attached hydrogens (primary N) is 1. The molecule has 0 aliphatic carbocycles. The summed E-state index contributed by atoms with van der Waals surface area (Å²) in [7, 11) is 0. The van der Waals surface area contributed by atoms with Crippen LogP contribution < -0.4 is 10.5 Å². The lowest BCUT2D eigenvalue weighted by atomic mass is 10.1. The highest BCUT2D eigenvalue weighted by Crippen LogP contribution is 2.24. The second kappa shape index (κ2) is 5.44. The maximum Gasteiger partial charge on any atom is 0.120 e. The van der Waals surface area contributed by atoms with Gasteiger partial charge in [0.15, 0.2) is 0 Å². The minimum Gasteiger partial charge on any atom is -0.489 e. The molecule has 1 heterocycles. The van der Waals surface area contributed by atoms with Crippen molar-refractivity contribution in [2.75, 3.05) is 5.73 Å². The molecule has 0 spiro atoms. The molecular weight excluding hydrogens is 260 g/mol. The van der Waals surface area contributed by atoms with Crippen molar-refractivity contribution in [3.05, 3.63) is 65.4 Å². The van der Waals surface area contributed by atoms with Crippen LogP contribution in [0.3, 0.4) is 0 Å². The van der Waals surface area contributed by atoms with E-state index in [1.165, 1.54) is 11.1 Å². The average Bonchev–Trinajstić information content (AvgIpc) is 2.46. The number of pyridine rings is 1. The van der Waals surface area contributed by atoms with Gasteiger partial charge in [0.2, 0.25) is 0 Å². The molecule has 0 atom stereocenters. The van der Waals surface area contributed by atoms with Crippen LogP contribution in [-0.2, 0) is 6.61 Å². The first-order valence-corrected chi connectivity index (χ1v) is 6.96. The van der Waals surface area contributed by atoms with Crippen LogP contribution in [0.5, 0.6) is 5.75 Å². The zero-order chi connectivity index (χ0) is 14.8. The van der Waals surface area contributed by atoms with Crippen molar-refractivity contribution in [3.8, 4) is 5.75 Å². The highest BCUT2D eigenvalue weighted by molar-refractivity contribution is 5.92. The number of nitrogens with zero attached hydrogens (tertiary/aromatic N) is 1. The average molecular weight is 278 g/mol. The summed E-state index contributed by atoms with van der Waals surface area (Å²) in [5, 5.41) is 0.971. The van der Waals surface area contributed by atoms with E-state index in [9.17, 15) is 0 Å². The van der Waals surface area contributed by atoms with E-state index in [1.54, 1.807) is 6.20 Å². The predicted molar refractivity (Wildman–Crippen MR) is 86.4 cm³/mol. The van der Waals surface area contributed by atoms with E-state index >= 15 is 0 Å². The normalized spacial score (nSPS) is 10.8. The Bertz CT molecular complexity index is 776. The number of fused-ring (bicyclic) bond motifs is 1. The predicted octanol–water partition coefficient (Wildman–Crippen LogP) is 4.01. The van der Waals surface area contributed by atoms with Crippen molar-refractivity contribution >= 4 is 16.6 Å². The van der Waals surface area contributed by atoms with Gasteiger partial charge in [-0.2, -0.15) is 0 Å². The van der Waals surface area contributed by atoms with Gasteiger partial charge in [-0.3, -0.25) is 4.98 Å². The molecule has 0 unspecified atom stereocenters. The molecule has 0 saturated carbocycles. The smallest absolute Gasteiger partial charge is 0.120 e. The molecule has 0 fully saturated rings. The van der Waals surface area contributed by atoms with Crippen LogP contribution >= 0.6 is 0 Å². The third-order valence-electron chi connectivity index (χ3n) is 3.48. The Labute approximate surface area is 124 Å². The number of aryl methyl sites for hydroxylation is 2. The van der Waals surface area contributed by atoms with Gasteiger partial charge in [-0.25, -0.2) is 0 Å². The lowest BCUT2D eigenvalue weighted by molar-refractivity contribution is 0.307. The standard InChI is InChI=1S/C18H18N2O/c1-12-8-13(2)10-15(9-12)21-11-14-5-6-17(19)16-4-3-7-20-18(14)16/h3-10H,11,19H2,1-2H3. The monoisotopic (exact) mass is 278 g/mol. The zero-order valence-corrected chi connectivity index (χ0v) is 12.3. The summed E-state index contributed by atoms with van der Waals surface area (Å²) in [5.41, 5.74) is 11.1. The second-order valence-corrected chi connectivity index (χ2v) is 5.33. The summed E-state index contributed by atoms with van der Waals surface area (Å²) in [6.45, 7) is 4.62. The van der Waals surface area contributed by atoms with E-state index in [0.29, 0.717) is 6.61 Å². The molecule has 1 aromatic heterocycles. The van der Waals surface area contributed by atoms with Gasteiger partial charge < -0.3 is 10.5 Å². The summed E-state index contributed by atoms with van der Waals surface area (Å²) in [5.74, 6) is 0.883. The third kappa shape index (κ3) is 2.82. The van der Waals surface area contributed by atoms with Crippen LogP contribution in [0.25, 0.3) is 10.9 Å². The van der Waals surface area contributed by atoms with Crippen LogP contribution in [0.1, 0.15) is 16.7 Å². The Kier molecular flexibility index (Phi) is 3.48. The first-order valence-electron chi connectivity index (χ1n) is 6.96. The maximum absolute atomic E-state index is 5.99. The highest BCUT2D eigenvalue weighted by Gasteiger charge is 2.06. The van der Waals surface area contributed by atoms with Gasteiger partial charge in [-0.15, -0.1) is 0 Å². The van der Waals surface area contributed by atoms with Gasteiger partial charge in [0.25, 0.3) is 0 Å². The van der Waals surface area contributed by atoms with E-state index < -0.39 is 0 Å². The summed E-state index contributed by atoms with van der Waals surface area (Å²) < 4.78 is 5.92. The fourth-order valence-electron chi connectivity index (χ4n) is 2.55. The number of hydrogen-bond acceptors (Lipinski definition) is 3. The van der Waals surface area contributed by atoms with Crippen molar-refractivity contribution in [1.29, 1.82) is 0 Å². The van der Waals surface area contributed by atoms with E-state index in [1.807, 2.05) is 36.4 Å². The Morgan fingerprint density at radius 1 is 1.05 bits per heavy atom. The Morgan fingerprint density at radius 3 is 2.57 bits per heavy atom. The largest absolute Gasteiger partial charge is 0.489 e. The molecule has 2 aromatic carbocycles. The lowest BCUT2D eigenvalue weighted by Crippen LogP contribution is -1.99. The molecule has 3 rings (SSSR count). The second-order valence-electron chi connectivity index (χ2n) is 5.33. The molecule has 0 aliphatic heterocycles. The van der Waals surface area contributed by atoms with Gasteiger partial charge in [0.1, 0.15) is 12.4 Å². The number of hydrogen-bond donors (Lipinski definition) is 1. The summed E-state index contributed by atoms with van der Waals surface area (Å²) >= 11 is 0. The number of ether oxygens (including phenoxy) is 1. The van der Waals surface area contributed by atoms with Gasteiger partial charge in [0.05, 0.1) is 5.52 Å². The highest BCUT2D eigenvalue weighted by atomic mass is 16.5. The molecule has 3 heteroatoms. The number of rotatable bonds is 3. The number of anilines is 1. The quantitative estimate of drug-likeness (QED) is 0.736. The molecule has 2 N–H and O–H groups in total. The van der Waals surface area contributed by atoms with Crippen LogP contribution in [0.4, 0.5) is 5.69 Å². The van der Waals surface area contributed by atoms with E-state index in [4.69, 9.17) is 10.5 Å². The Balaban J connectivity index is 1.90. The van der Waals surface area contributed by atoms with Crippen molar-refractivity contribution in [2.24, 2.45) is 0 Å². The summed E-state index contributed by atoms with van der Waals surface area (Å²) in [4.78, 5) is 4.43. The minimum atomic E-state index is 0.483. The molecule has 3 nitrogen and oxygen atoms in total. The Morgan fingerprint density at radius 2 is 1.81 bits per heavy atom. The number of benzene rings is 2. The summed E-state index contributed by atoms with van der Waals surface area (Å²) in [6.07, 6.45) is 1.78. The molecule has 0 radical (unpaired) electrons. The first kappa shape index (κ1) is 13.4. The number of nitrogen functional groups attached to an aromatic ring is 1. The van der Waals surface area contributed by atoms with Crippen LogP contribution in [0, 0.1) is 13.8 Å². The van der Waals surface area contributed by atoms with Crippen molar-refractivity contribution in [2.45, 2.75) is 20.5 Å². The molecule has 0 bridgehead atoms. The fourth-order valence-corrected chi connectivity index (χ4v) is 2.55. The van der Waals surface area contributed by atoms with Crippen LogP contribution in [0.2, 0.25) is 0 Å². The van der Waals surface area contributed by atoms with Crippen molar-refractivity contribution in [1.82, 2.24) is 4.98 Å². The third-order valence-corrected chi connectivity index (χ3v) is 3.48. The maximum atomic E-state index is 5.99. The van der Waals surface area contributed by atoms with E-state index in [2.05, 4.69) is 24.9 Å². The molecular formula is C18H18N2O. The van der Waals surface area contributed by atoms with E-state index in [-0.39, 0.29) is 0 Å². The Hall–Kier alpha value is -2.55. The molecule has 106 valence electrons. The van der Waals surface area contributed by atoms with Crippen molar-refractivity contribution < 1.29 is 4.74 Å². The summed E-state index contributed by atoms with van der Waals surface area (Å²) in [6, 6.07) is 14.0. The van der Waals surface area contributed by atoms with Gasteiger partial charge in [-0.1, -0.05) is 12.1 Å². The SMILES string of the molecule is Cc1cc(C)cc(OCc2ccc(N)c3cccnc23)c1. The fraction of sp³-hybridized carbons (Fsp3) is 0.167. The molecule has 3 aromatic rings. The number of aromatic nitrogens is 1. The zero-order valence-electron chi connectivity index (χ0n) is 12.3. The van der Waals surface area contributed by atoms with Gasteiger partial charge in [0, 0.05) is 22.8 Å². The van der Waals surface area contributed by atoms with E-state index in [0.717, 1.165) is 27.9 Å². The van der Waals surface area contributed by atoms with Crippen molar-refractivity contribution in [3.63, 3.8) is 0 Å². The topological polar surface area (TPSA) is 48.1 Å². The minimum absolute atomic E-state index is 0.483. The first-order chi connectivity index (χ1) is 10.1. The molecule has 0 saturated heterocycles. The molecule has 0 amide bonds.